The molecule has 0 saturated carbocycles. The van der Waals surface area contributed by atoms with Gasteiger partial charge in [-0.1, -0.05) is 146 Å². The summed E-state index contributed by atoms with van der Waals surface area (Å²) in [5, 5.41) is 3.41. The van der Waals surface area contributed by atoms with Gasteiger partial charge in [0.05, 0.1) is 0 Å². The number of furan rings is 1. The fourth-order valence-electron chi connectivity index (χ4n) is 6.67. The smallest absolute Gasteiger partial charge is 0.142 e. The fraction of sp³-hybridized carbons (Fsp3) is 0.0204. The lowest BCUT2D eigenvalue weighted by molar-refractivity contribution is 0.635. The average Bonchev–Trinajstić information content (AvgIpc) is 3.65. The molecule has 0 N–H and O–H groups in total. The maximum atomic E-state index is 6.47. The Hall–Kier alpha value is -6.64. The first-order valence-electron chi connectivity index (χ1n) is 17.3. The Bertz CT molecular complexity index is 2500. The lowest BCUT2D eigenvalue weighted by atomic mass is 10.00. The Kier molecular flexibility index (Phi) is 8.72. The zero-order valence-corrected chi connectivity index (χ0v) is 28.5. The summed E-state index contributed by atoms with van der Waals surface area (Å²) >= 11 is 0. The monoisotopic (exact) mass is 655 g/mol. The van der Waals surface area contributed by atoms with Crippen LogP contribution in [0.4, 0.5) is 17.1 Å². The van der Waals surface area contributed by atoms with Crippen molar-refractivity contribution in [1.29, 1.82) is 0 Å². The maximum absolute atomic E-state index is 6.47. The van der Waals surface area contributed by atoms with E-state index < -0.39 is 0 Å². The van der Waals surface area contributed by atoms with Crippen molar-refractivity contribution in [1.82, 2.24) is 0 Å². The molecule has 0 atom stereocenters. The molecule has 8 rings (SSSR count). The van der Waals surface area contributed by atoms with Crippen molar-refractivity contribution in [3.8, 4) is 33.6 Å². The molecule has 0 amide bonds. The number of nitrogens with zero attached hydrogens (tertiary/aromatic N) is 1. The molecule has 0 aliphatic heterocycles. The minimum absolute atomic E-state index is 0.860. The van der Waals surface area contributed by atoms with Gasteiger partial charge in [0.25, 0.3) is 0 Å². The zero-order chi connectivity index (χ0) is 34.6. The molecule has 0 saturated heterocycles. The summed E-state index contributed by atoms with van der Waals surface area (Å²) in [5.41, 5.74) is 12.4. The predicted molar refractivity (Wildman–Crippen MR) is 218 cm³/mol. The van der Waals surface area contributed by atoms with Gasteiger partial charge in [0.15, 0.2) is 0 Å². The van der Waals surface area contributed by atoms with E-state index >= 15 is 0 Å². The van der Waals surface area contributed by atoms with Gasteiger partial charge < -0.3 is 9.32 Å². The Balaban J connectivity index is 1.13. The van der Waals surface area contributed by atoms with Gasteiger partial charge in [0.1, 0.15) is 11.3 Å². The molecule has 1 aromatic heterocycles. The molecule has 1 heterocycles. The van der Waals surface area contributed by atoms with Crippen LogP contribution in [0.15, 0.2) is 205 Å². The van der Waals surface area contributed by atoms with Crippen molar-refractivity contribution in [2.24, 2.45) is 0 Å². The number of allylic oxidation sites excluding steroid dienone is 5. The van der Waals surface area contributed by atoms with E-state index in [9.17, 15) is 0 Å². The van der Waals surface area contributed by atoms with E-state index in [1.165, 1.54) is 38.8 Å². The summed E-state index contributed by atoms with van der Waals surface area (Å²) in [4.78, 5) is 2.30. The Labute approximate surface area is 299 Å². The molecular weight excluding hydrogens is 619 g/mol. The number of hydrogen-bond donors (Lipinski definition) is 0. The van der Waals surface area contributed by atoms with E-state index in [2.05, 4.69) is 194 Å². The van der Waals surface area contributed by atoms with Gasteiger partial charge in [-0.2, -0.15) is 0 Å². The van der Waals surface area contributed by atoms with Crippen LogP contribution >= 0.6 is 0 Å². The SMILES string of the molecule is C=C/C=C\C=C(/C)c1ccc(N(c2ccc(-c3ccc(-c4ccccc4)cc3)cc2)c2ccc(-c3cc4ccc5ccccc5c4o3)cc2)cc1. The molecule has 0 spiro atoms. The fourth-order valence-corrected chi connectivity index (χ4v) is 6.67. The van der Waals surface area contributed by atoms with E-state index in [1.54, 1.807) is 6.08 Å². The molecule has 0 radical (unpaired) electrons. The topological polar surface area (TPSA) is 16.4 Å². The van der Waals surface area contributed by atoms with Crippen molar-refractivity contribution in [3.05, 3.63) is 206 Å². The molecule has 0 aliphatic rings. The van der Waals surface area contributed by atoms with Gasteiger partial charge in [0, 0.05) is 33.4 Å². The van der Waals surface area contributed by atoms with Crippen molar-refractivity contribution >= 4 is 44.4 Å². The highest BCUT2D eigenvalue weighted by Gasteiger charge is 2.15. The van der Waals surface area contributed by atoms with Crippen LogP contribution in [0.1, 0.15) is 12.5 Å². The second-order valence-corrected chi connectivity index (χ2v) is 12.7. The summed E-state index contributed by atoms with van der Waals surface area (Å²) in [7, 11) is 0. The van der Waals surface area contributed by atoms with Crippen molar-refractivity contribution < 1.29 is 4.42 Å². The zero-order valence-electron chi connectivity index (χ0n) is 28.5. The molecule has 0 fully saturated rings. The molecule has 2 nitrogen and oxygen atoms in total. The lowest BCUT2D eigenvalue weighted by Gasteiger charge is -2.26. The maximum Gasteiger partial charge on any atom is 0.142 e. The van der Waals surface area contributed by atoms with E-state index in [4.69, 9.17) is 4.42 Å². The van der Waals surface area contributed by atoms with Crippen LogP contribution in [-0.4, -0.2) is 0 Å². The number of benzene rings is 7. The number of anilines is 3. The molecular formula is C49H37NO. The third-order valence-corrected chi connectivity index (χ3v) is 9.44. The summed E-state index contributed by atoms with van der Waals surface area (Å²) < 4.78 is 6.47. The first-order chi connectivity index (χ1) is 25.1. The highest BCUT2D eigenvalue weighted by atomic mass is 16.3. The van der Waals surface area contributed by atoms with Gasteiger partial charge in [-0.3, -0.25) is 0 Å². The van der Waals surface area contributed by atoms with Crippen LogP contribution in [0.2, 0.25) is 0 Å². The van der Waals surface area contributed by atoms with E-state index in [0.717, 1.165) is 44.7 Å². The van der Waals surface area contributed by atoms with Crippen LogP contribution in [-0.2, 0) is 0 Å². The average molecular weight is 656 g/mol. The lowest BCUT2D eigenvalue weighted by Crippen LogP contribution is -2.09. The largest absolute Gasteiger partial charge is 0.455 e. The van der Waals surface area contributed by atoms with Gasteiger partial charge >= 0.3 is 0 Å². The molecule has 8 aromatic rings. The van der Waals surface area contributed by atoms with E-state index in [-0.39, 0.29) is 0 Å². The minimum Gasteiger partial charge on any atom is -0.455 e. The van der Waals surface area contributed by atoms with Gasteiger partial charge in [-0.15, -0.1) is 0 Å². The number of hydrogen-bond acceptors (Lipinski definition) is 2. The van der Waals surface area contributed by atoms with Crippen LogP contribution in [0, 0.1) is 0 Å². The summed E-state index contributed by atoms with van der Waals surface area (Å²) in [6.07, 6.45) is 7.86. The Morgan fingerprint density at radius 1 is 0.510 bits per heavy atom. The Morgan fingerprint density at radius 2 is 1.02 bits per heavy atom. The molecule has 7 aromatic carbocycles. The second kappa shape index (κ2) is 14.1. The highest BCUT2D eigenvalue weighted by Crippen LogP contribution is 2.39. The molecule has 0 bridgehead atoms. The van der Waals surface area contributed by atoms with E-state index in [0.29, 0.717) is 0 Å². The van der Waals surface area contributed by atoms with Crippen LogP contribution in [0.5, 0.6) is 0 Å². The molecule has 51 heavy (non-hydrogen) atoms. The van der Waals surface area contributed by atoms with Crippen LogP contribution in [0.3, 0.4) is 0 Å². The van der Waals surface area contributed by atoms with Gasteiger partial charge in [-0.25, -0.2) is 0 Å². The standard InChI is InChI=1S/C49H37NO/c1-3-4-6-11-35(2)36-22-28-44(29-23-36)50(45-30-24-40(25-31-45)39-18-16-38(17-19-39)37-12-7-5-8-13-37)46-32-26-42(27-33-46)48-34-43-21-20-41-14-9-10-15-47(41)49(43)51-48/h3-34H,1H2,2H3/b6-4-,35-11+. The Morgan fingerprint density at radius 3 is 1.65 bits per heavy atom. The van der Waals surface area contributed by atoms with Crippen molar-refractivity contribution in [2.45, 2.75) is 6.92 Å². The molecule has 0 aliphatic carbocycles. The quantitative estimate of drug-likeness (QED) is 0.144. The van der Waals surface area contributed by atoms with E-state index in [1.807, 2.05) is 12.2 Å². The summed E-state index contributed by atoms with van der Waals surface area (Å²) in [5.74, 6) is 0.860. The van der Waals surface area contributed by atoms with Crippen LogP contribution < -0.4 is 4.90 Å². The van der Waals surface area contributed by atoms with Crippen LogP contribution in [0.25, 0.3) is 60.9 Å². The number of fused-ring (bicyclic) bond motifs is 3. The first kappa shape index (κ1) is 31.6. The third kappa shape index (κ3) is 6.56. The normalized spacial score (nSPS) is 11.7. The van der Waals surface area contributed by atoms with Gasteiger partial charge in [-0.05, 0) is 100 Å². The van der Waals surface area contributed by atoms with Crippen molar-refractivity contribution in [2.75, 3.05) is 4.90 Å². The number of rotatable bonds is 9. The molecule has 0 unspecified atom stereocenters. The first-order valence-corrected chi connectivity index (χ1v) is 17.3. The third-order valence-electron chi connectivity index (χ3n) is 9.44. The second-order valence-electron chi connectivity index (χ2n) is 12.7. The van der Waals surface area contributed by atoms with Crippen molar-refractivity contribution in [3.63, 3.8) is 0 Å². The minimum atomic E-state index is 0.860. The molecule has 2 heteroatoms. The predicted octanol–water partition coefficient (Wildman–Crippen LogP) is 14.2. The molecule has 244 valence electrons. The highest BCUT2D eigenvalue weighted by molar-refractivity contribution is 6.05. The summed E-state index contributed by atoms with van der Waals surface area (Å²) in [6, 6.07) is 60.3. The van der Waals surface area contributed by atoms with Gasteiger partial charge in [0.2, 0.25) is 0 Å². The summed E-state index contributed by atoms with van der Waals surface area (Å²) in [6.45, 7) is 5.90.